The quantitative estimate of drug-likeness (QED) is 0.0234. The molecule has 6 aromatic carbocycles. The van der Waals surface area contributed by atoms with Crippen molar-refractivity contribution in [3.63, 3.8) is 0 Å². The summed E-state index contributed by atoms with van der Waals surface area (Å²) in [6.45, 7) is 3.03. The Balaban J connectivity index is 0.00000355. The Labute approximate surface area is 408 Å². The van der Waals surface area contributed by atoms with Crippen LogP contribution in [0, 0.1) is 17.3 Å². The van der Waals surface area contributed by atoms with Crippen LogP contribution < -0.4 is 33.6 Å². The van der Waals surface area contributed by atoms with Gasteiger partial charge in [0.2, 0.25) is 11.8 Å². The van der Waals surface area contributed by atoms with E-state index in [0.717, 1.165) is 22.3 Å². The highest BCUT2D eigenvalue weighted by molar-refractivity contribution is 15.0. The third-order valence-electron chi connectivity index (χ3n) is 11.5. The second-order valence-corrected chi connectivity index (χ2v) is 17.2. The highest BCUT2D eigenvalue weighted by Gasteiger charge is 2.56. The number of amides is 2. The predicted molar refractivity (Wildman–Crippen MR) is 280 cm³/mol. The number of cyclic esters (lactones) is 2. The topological polar surface area (TPSA) is 215 Å². The summed E-state index contributed by atoms with van der Waals surface area (Å²) < 4.78 is 11.4. The van der Waals surface area contributed by atoms with Crippen LogP contribution in [0.5, 0.6) is 0 Å². The molecule has 0 aromatic heterocycles. The van der Waals surface area contributed by atoms with Crippen LogP contribution in [0.4, 0.5) is 34.1 Å². The Morgan fingerprint density at radius 1 is 0.455 bits per heavy atom. The number of hydrogen-bond donors (Lipinski definition) is 6. The van der Waals surface area contributed by atoms with Gasteiger partial charge in [0.05, 0.1) is 0 Å². The molecule has 0 aliphatic carbocycles. The normalized spacial score (nSPS) is 13.8. The number of benzene rings is 6. The first-order valence-electron chi connectivity index (χ1n) is 21.4. The molecule has 2 amide bonds. The standard InChI is InChI=1S/C52H54N6O6.I2/c1-51(2)63-49(61)52(50(62)64-51,31-37-11-23-45(24-12-37)57-47(59)39(27-33-3-15-41(53)16-4-33)28-34-5-17-42(54)18-6-34)32-38-13-25-46(26-14-38)58-48(60)40(29-35-7-19-43(55)20-8-35)30-36-9-21-44(56)22-10-36;1-2/h3-26,39-40H,27-32,53-56H2,1-2H3,(H,57,59)(H,58,60);. The molecule has 0 bridgehead atoms. The van der Waals surface area contributed by atoms with Gasteiger partial charge in [0, 0.05) is 97.0 Å². The van der Waals surface area contributed by atoms with Crippen LogP contribution in [-0.2, 0) is 67.2 Å². The second-order valence-electron chi connectivity index (χ2n) is 17.2. The summed E-state index contributed by atoms with van der Waals surface area (Å²) in [5.74, 6) is -4.00. The number of carbonyl (C=O) groups excluding carboxylic acids is 4. The largest absolute Gasteiger partial charge is 0.422 e. The first-order valence-corrected chi connectivity index (χ1v) is 27.7. The lowest BCUT2D eigenvalue weighted by molar-refractivity contribution is -0.251. The van der Waals surface area contributed by atoms with Crippen molar-refractivity contribution in [1.29, 1.82) is 0 Å². The number of rotatable bonds is 16. The van der Waals surface area contributed by atoms with Crippen LogP contribution >= 0.6 is 37.2 Å². The molecule has 12 nitrogen and oxygen atoms in total. The second kappa shape index (κ2) is 22.4. The van der Waals surface area contributed by atoms with Gasteiger partial charge in [-0.3, -0.25) is 19.2 Å². The fourth-order valence-corrected chi connectivity index (χ4v) is 7.96. The molecule has 1 heterocycles. The number of esters is 2. The highest BCUT2D eigenvalue weighted by atomic mass is 128. The van der Waals surface area contributed by atoms with Gasteiger partial charge in [-0.05, 0) is 145 Å². The van der Waals surface area contributed by atoms with Gasteiger partial charge in [0.1, 0.15) is 0 Å². The molecule has 1 aliphatic heterocycles. The zero-order chi connectivity index (χ0) is 47.4. The number of nitrogens with two attached hydrogens (primary N) is 4. The number of hydrogen-bond acceptors (Lipinski definition) is 10. The maximum atomic E-state index is 13.9. The Kier molecular flexibility index (Phi) is 16.7. The molecule has 0 saturated carbocycles. The van der Waals surface area contributed by atoms with E-state index in [9.17, 15) is 19.2 Å². The average Bonchev–Trinajstić information content (AvgIpc) is 3.29. The molecule has 1 fully saturated rings. The molecular formula is C52H54I2N6O6. The molecule has 0 atom stereocenters. The molecule has 66 heavy (non-hydrogen) atoms. The molecule has 1 aliphatic rings. The fraction of sp³-hybridized carbons (Fsp3) is 0.231. The molecule has 342 valence electrons. The summed E-state index contributed by atoms with van der Waals surface area (Å²) >= 11 is 4.24. The Morgan fingerprint density at radius 2 is 0.697 bits per heavy atom. The third-order valence-corrected chi connectivity index (χ3v) is 11.5. The van der Waals surface area contributed by atoms with E-state index in [2.05, 4.69) is 47.9 Å². The number of anilines is 6. The van der Waals surface area contributed by atoms with Crippen molar-refractivity contribution in [3.05, 3.63) is 179 Å². The molecule has 6 aromatic rings. The van der Waals surface area contributed by atoms with Crippen molar-refractivity contribution >= 4 is 95.1 Å². The highest BCUT2D eigenvalue weighted by Crippen LogP contribution is 2.39. The summed E-state index contributed by atoms with van der Waals surface area (Å²) in [7, 11) is 0. The van der Waals surface area contributed by atoms with Gasteiger partial charge >= 0.3 is 11.9 Å². The lowest BCUT2D eigenvalue weighted by Gasteiger charge is -2.40. The van der Waals surface area contributed by atoms with E-state index in [1.165, 1.54) is 13.8 Å². The number of carbonyl (C=O) groups is 4. The average molecular weight is 1110 g/mol. The minimum absolute atomic E-state index is 0.0255. The summed E-state index contributed by atoms with van der Waals surface area (Å²) in [6.07, 6.45) is 1.90. The minimum atomic E-state index is -1.71. The van der Waals surface area contributed by atoms with Crippen LogP contribution in [0.3, 0.4) is 0 Å². The molecule has 0 radical (unpaired) electrons. The Morgan fingerprint density at radius 3 is 0.955 bits per heavy atom. The molecule has 7 rings (SSSR count). The lowest BCUT2D eigenvalue weighted by Crippen LogP contribution is -2.56. The molecular weight excluding hydrogens is 1060 g/mol. The van der Waals surface area contributed by atoms with Crippen LogP contribution in [0.25, 0.3) is 0 Å². The van der Waals surface area contributed by atoms with Crippen LogP contribution in [0.15, 0.2) is 146 Å². The first kappa shape index (κ1) is 49.3. The molecule has 1 saturated heterocycles. The van der Waals surface area contributed by atoms with Crippen LogP contribution in [0.1, 0.15) is 47.2 Å². The molecule has 14 heteroatoms. The van der Waals surface area contributed by atoms with Gasteiger partial charge in [0.25, 0.3) is 5.79 Å². The van der Waals surface area contributed by atoms with E-state index in [-0.39, 0.29) is 24.7 Å². The monoisotopic (exact) mass is 1110 g/mol. The predicted octanol–water partition coefficient (Wildman–Crippen LogP) is 9.47. The van der Waals surface area contributed by atoms with Crippen LogP contribution in [-0.4, -0.2) is 29.5 Å². The number of nitrogen functional groups attached to an aromatic ring is 4. The number of ether oxygens (including phenoxy) is 2. The summed E-state index contributed by atoms with van der Waals surface area (Å²) in [6, 6.07) is 44.0. The Hall–Kier alpha value is -6.14. The summed E-state index contributed by atoms with van der Waals surface area (Å²) in [5.41, 5.74) is 30.8. The molecule has 0 spiro atoms. The van der Waals surface area contributed by atoms with E-state index in [1.807, 2.05) is 97.1 Å². The molecule has 10 N–H and O–H groups in total. The van der Waals surface area contributed by atoms with Gasteiger partial charge in [-0.2, -0.15) is 0 Å². The summed E-state index contributed by atoms with van der Waals surface area (Å²) in [4.78, 5) is 55.5. The van der Waals surface area contributed by atoms with Gasteiger partial charge in [-0.1, -0.05) is 72.8 Å². The van der Waals surface area contributed by atoms with Gasteiger partial charge in [-0.15, -0.1) is 0 Å². The zero-order valence-electron chi connectivity index (χ0n) is 36.8. The van der Waals surface area contributed by atoms with E-state index in [1.54, 1.807) is 48.5 Å². The zero-order valence-corrected chi connectivity index (χ0v) is 41.1. The maximum absolute atomic E-state index is 13.9. The van der Waals surface area contributed by atoms with E-state index >= 15 is 0 Å². The van der Waals surface area contributed by atoms with Crippen molar-refractivity contribution in [2.24, 2.45) is 17.3 Å². The molecule has 0 unspecified atom stereocenters. The van der Waals surface area contributed by atoms with Crippen molar-refractivity contribution in [1.82, 2.24) is 0 Å². The number of halogens is 2. The van der Waals surface area contributed by atoms with E-state index < -0.39 is 35.0 Å². The third kappa shape index (κ3) is 13.5. The van der Waals surface area contributed by atoms with Crippen molar-refractivity contribution in [3.8, 4) is 0 Å². The lowest BCUT2D eigenvalue weighted by atomic mass is 9.75. The summed E-state index contributed by atoms with van der Waals surface area (Å²) in [5, 5.41) is 6.11. The fourth-order valence-electron chi connectivity index (χ4n) is 7.96. The smallest absolute Gasteiger partial charge is 0.327 e. The Bertz CT molecular complexity index is 2310. The van der Waals surface area contributed by atoms with Gasteiger partial charge < -0.3 is 43.0 Å². The SMILES string of the molecule is CC1(C)OC(=O)C(Cc2ccc(NC(=O)C(Cc3ccc(N)cc3)Cc3ccc(N)cc3)cc2)(Cc2ccc(NC(=O)C(Cc3ccc(N)cc3)Cc3ccc(N)cc3)cc2)C(=O)O1.II. The maximum Gasteiger partial charge on any atom is 0.327 e. The minimum Gasteiger partial charge on any atom is -0.422 e. The van der Waals surface area contributed by atoms with Crippen molar-refractivity contribution in [2.75, 3.05) is 33.6 Å². The van der Waals surface area contributed by atoms with Gasteiger partial charge in [-0.25, -0.2) is 0 Å². The first-order chi connectivity index (χ1) is 31.6. The van der Waals surface area contributed by atoms with Crippen molar-refractivity contribution < 1.29 is 28.7 Å². The van der Waals surface area contributed by atoms with Gasteiger partial charge in [0.15, 0.2) is 5.41 Å². The number of nitrogens with one attached hydrogen (secondary N) is 2. The van der Waals surface area contributed by atoms with E-state index in [4.69, 9.17) is 32.4 Å². The van der Waals surface area contributed by atoms with E-state index in [0.29, 0.717) is 70.9 Å². The van der Waals surface area contributed by atoms with Crippen LogP contribution in [0.2, 0.25) is 0 Å². The van der Waals surface area contributed by atoms with Crippen molar-refractivity contribution in [2.45, 2.75) is 58.2 Å².